The summed E-state index contributed by atoms with van der Waals surface area (Å²) >= 11 is 5.85. The molecule has 6 nitrogen and oxygen atoms in total. The first kappa shape index (κ1) is 22.4. The molecule has 2 rings (SSSR count). The summed E-state index contributed by atoms with van der Waals surface area (Å²) in [4.78, 5) is 36.1. The largest absolute Gasteiger partial charge is 0.351 e. The number of hydrogen-bond donors (Lipinski definition) is 3. The van der Waals surface area contributed by atoms with Crippen LogP contribution in [0, 0.1) is 18.7 Å². The fourth-order valence-electron chi connectivity index (χ4n) is 2.39. The molecule has 2 aromatic carbocycles. The van der Waals surface area contributed by atoms with Gasteiger partial charge in [0.05, 0.1) is 10.6 Å². The van der Waals surface area contributed by atoms with E-state index >= 15 is 0 Å². The smallest absolute Gasteiger partial charge is 0.252 e. The van der Waals surface area contributed by atoms with E-state index in [0.29, 0.717) is 11.4 Å². The number of hydrogen-bond acceptors (Lipinski definition) is 3. The third-order valence-electron chi connectivity index (χ3n) is 4.12. The van der Waals surface area contributed by atoms with Crippen molar-refractivity contribution in [2.24, 2.45) is 5.92 Å². The number of aryl methyl sites for hydroxylation is 1. The molecule has 0 aliphatic rings. The molecule has 0 radical (unpaired) electrons. The first-order chi connectivity index (χ1) is 13.7. The second kappa shape index (κ2) is 10.0. The lowest BCUT2D eigenvalue weighted by molar-refractivity contribution is -0.119. The first-order valence-electron chi connectivity index (χ1n) is 9.12. The molecule has 2 aromatic rings. The van der Waals surface area contributed by atoms with Crippen molar-refractivity contribution in [1.82, 2.24) is 5.32 Å². The third kappa shape index (κ3) is 6.57. The van der Waals surface area contributed by atoms with Crippen LogP contribution in [0.4, 0.5) is 15.8 Å². The lowest BCUT2D eigenvalue weighted by Crippen LogP contribution is -2.28. The Morgan fingerprint density at radius 1 is 1.07 bits per heavy atom. The van der Waals surface area contributed by atoms with Gasteiger partial charge in [0, 0.05) is 30.3 Å². The van der Waals surface area contributed by atoms with Crippen LogP contribution in [0.2, 0.25) is 5.02 Å². The molecule has 29 heavy (non-hydrogen) atoms. The topological polar surface area (TPSA) is 87.3 Å². The average molecular weight is 420 g/mol. The van der Waals surface area contributed by atoms with E-state index in [1.165, 1.54) is 6.07 Å². The predicted octanol–water partition coefficient (Wildman–Crippen LogP) is 4.14. The summed E-state index contributed by atoms with van der Waals surface area (Å²) in [6, 6.07) is 8.72. The highest BCUT2D eigenvalue weighted by molar-refractivity contribution is 6.33. The van der Waals surface area contributed by atoms with Crippen LogP contribution in [0.3, 0.4) is 0 Å². The van der Waals surface area contributed by atoms with Crippen molar-refractivity contribution in [3.63, 3.8) is 0 Å². The summed E-state index contributed by atoms with van der Waals surface area (Å²) in [5, 5.41) is 8.13. The highest BCUT2D eigenvalue weighted by Crippen LogP contribution is 2.21. The van der Waals surface area contributed by atoms with Gasteiger partial charge in [0.2, 0.25) is 11.8 Å². The first-order valence-corrected chi connectivity index (χ1v) is 9.49. The molecule has 3 N–H and O–H groups in total. The summed E-state index contributed by atoms with van der Waals surface area (Å²) in [5.41, 5.74) is 2.13. The van der Waals surface area contributed by atoms with Crippen molar-refractivity contribution in [1.29, 1.82) is 0 Å². The Bertz CT molecular complexity index is 931. The Hall–Kier alpha value is -2.93. The lowest BCUT2D eigenvalue weighted by atomic mass is 10.1. The van der Waals surface area contributed by atoms with Crippen molar-refractivity contribution in [3.05, 3.63) is 58.4 Å². The SMILES string of the molecule is Cc1ccc(NC(=O)C(C)C)cc1NC(=O)CCNC(=O)c1ccc(F)cc1Cl. The van der Waals surface area contributed by atoms with E-state index < -0.39 is 11.7 Å². The second-order valence-corrected chi connectivity index (χ2v) is 7.26. The fourth-order valence-corrected chi connectivity index (χ4v) is 2.65. The number of halogens is 2. The van der Waals surface area contributed by atoms with Gasteiger partial charge in [0.25, 0.3) is 5.91 Å². The maximum atomic E-state index is 13.1. The Morgan fingerprint density at radius 2 is 1.79 bits per heavy atom. The molecule has 0 heterocycles. The van der Waals surface area contributed by atoms with Crippen LogP contribution in [0.15, 0.2) is 36.4 Å². The van der Waals surface area contributed by atoms with E-state index in [1.807, 2.05) is 6.92 Å². The molecule has 0 bridgehead atoms. The van der Waals surface area contributed by atoms with Gasteiger partial charge in [0.1, 0.15) is 5.82 Å². The Morgan fingerprint density at radius 3 is 2.45 bits per heavy atom. The lowest BCUT2D eigenvalue weighted by Gasteiger charge is -2.13. The minimum absolute atomic E-state index is 0.00263. The quantitative estimate of drug-likeness (QED) is 0.630. The Balaban J connectivity index is 1.90. The molecular weight excluding hydrogens is 397 g/mol. The summed E-state index contributed by atoms with van der Waals surface area (Å²) in [6.07, 6.45) is 0.0343. The summed E-state index contributed by atoms with van der Waals surface area (Å²) in [5.74, 6) is -1.60. The Kier molecular flexibility index (Phi) is 7.73. The van der Waals surface area contributed by atoms with Crippen LogP contribution < -0.4 is 16.0 Å². The van der Waals surface area contributed by atoms with E-state index in [4.69, 9.17) is 11.6 Å². The molecule has 0 fully saturated rings. The second-order valence-electron chi connectivity index (χ2n) is 6.85. The van der Waals surface area contributed by atoms with Crippen molar-refractivity contribution < 1.29 is 18.8 Å². The minimum atomic E-state index is -0.534. The predicted molar refractivity (Wildman–Crippen MR) is 112 cm³/mol. The van der Waals surface area contributed by atoms with Gasteiger partial charge in [-0.1, -0.05) is 31.5 Å². The van der Waals surface area contributed by atoms with Crippen LogP contribution in [0.1, 0.15) is 36.2 Å². The number of benzene rings is 2. The van der Waals surface area contributed by atoms with E-state index in [1.54, 1.807) is 32.0 Å². The summed E-state index contributed by atoms with van der Waals surface area (Å²) in [6.45, 7) is 5.50. The van der Waals surface area contributed by atoms with Crippen LogP contribution >= 0.6 is 11.6 Å². The number of carbonyl (C=O) groups excluding carboxylic acids is 3. The van der Waals surface area contributed by atoms with Gasteiger partial charge in [0.15, 0.2) is 0 Å². The molecule has 154 valence electrons. The standard InChI is InChI=1S/C21H23ClFN3O3/c1-12(2)20(28)25-15-6-4-13(3)18(11-15)26-19(27)8-9-24-21(29)16-7-5-14(23)10-17(16)22/h4-7,10-12H,8-9H2,1-3H3,(H,24,29)(H,25,28)(H,26,27). The maximum absolute atomic E-state index is 13.1. The van der Waals surface area contributed by atoms with E-state index in [0.717, 1.165) is 17.7 Å². The zero-order valence-corrected chi connectivity index (χ0v) is 17.2. The molecule has 0 aliphatic heterocycles. The maximum Gasteiger partial charge on any atom is 0.252 e. The molecule has 0 aliphatic carbocycles. The molecule has 0 atom stereocenters. The molecule has 0 saturated carbocycles. The zero-order chi connectivity index (χ0) is 21.6. The van der Waals surface area contributed by atoms with Crippen molar-refractivity contribution in [2.45, 2.75) is 27.2 Å². The highest BCUT2D eigenvalue weighted by Gasteiger charge is 2.13. The molecule has 0 saturated heterocycles. The van der Waals surface area contributed by atoms with Gasteiger partial charge in [-0.15, -0.1) is 0 Å². The number of nitrogens with one attached hydrogen (secondary N) is 3. The zero-order valence-electron chi connectivity index (χ0n) is 16.4. The molecule has 0 aromatic heterocycles. The van der Waals surface area contributed by atoms with Gasteiger partial charge < -0.3 is 16.0 Å². The van der Waals surface area contributed by atoms with Crippen LogP contribution in [-0.2, 0) is 9.59 Å². The normalized spacial score (nSPS) is 10.6. The van der Waals surface area contributed by atoms with E-state index in [9.17, 15) is 18.8 Å². The summed E-state index contributed by atoms with van der Waals surface area (Å²) in [7, 11) is 0. The molecule has 0 unspecified atom stereocenters. The van der Waals surface area contributed by atoms with Crippen LogP contribution in [-0.4, -0.2) is 24.3 Å². The van der Waals surface area contributed by atoms with Gasteiger partial charge in [-0.05, 0) is 42.8 Å². The van der Waals surface area contributed by atoms with Crippen molar-refractivity contribution >= 4 is 40.7 Å². The van der Waals surface area contributed by atoms with Crippen molar-refractivity contribution in [2.75, 3.05) is 17.2 Å². The van der Waals surface area contributed by atoms with Gasteiger partial charge in [-0.2, -0.15) is 0 Å². The van der Waals surface area contributed by atoms with Crippen LogP contribution in [0.25, 0.3) is 0 Å². The number of carbonyl (C=O) groups is 3. The van der Waals surface area contributed by atoms with Gasteiger partial charge in [-0.25, -0.2) is 4.39 Å². The minimum Gasteiger partial charge on any atom is -0.351 e. The Labute approximate surface area is 173 Å². The summed E-state index contributed by atoms with van der Waals surface area (Å²) < 4.78 is 13.1. The molecule has 3 amide bonds. The molecule has 0 spiro atoms. The fraction of sp³-hybridized carbons (Fsp3) is 0.286. The molecular formula is C21H23ClFN3O3. The highest BCUT2D eigenvalue weighted by atomic mass is 35.5. The van der Waals surface area contributed by atoms with Gasteiger partial charge >= 0.3 is 0 Å². The number of rotatable bonds is 7. The molecule has 8 heteroatoms. The number of anilines is 2. The van der Waals surface area contributed by atoms with Crippen LogP contribution in [0.5, 0.6) is 0 Å². The van der Waals surface area contributed by atoms with Gasteiger partial charge in [-0.3, -0.25) is 14.4 Å². The third-order valence-corrected chi connectivity index (χ3v) is 4.43. The monoisotopic (exact) mass is 419 g/mol. The number of amides is 3. The van der Waals surface area contributed by atoms with Crippen molar-refractivity contribution in [3.8, 4) is 0 Å². The van der Waals surface area contributed by atoms with E-state index in [-0.39, 0.29) is 41.3 Å². The average Bonchev–Trinajstić information content (AvgIpc) is 2.64. The van der Waals surface area contributed by atoms with E-state index in [2.05, 4.69) is 16.0 Å².